The van der Waals surface area contributed by atoms with Gasteiger partial charge in [0.2, 0.25) is 18.1 Å². The summed E-state index contributed by atoms with van der Waals surface area (Å²) in [4.78, 5) is 0. The van der Waals surface area contributed by atoms with Crippen LogP contribution >= 0.6 is 18.1 Å². The van der Waals surface area contributed by atoms with Crippen LogP contribution in [0.15, 0.2) is 84.9 Å². The normalized spacial score (nSPS) is 24.5. The zero-order chi connectivity index (χ0) is 25.6. The van der Waals surface area contributed by atoms with Crippen LogP contribution in [0.4, 0.5) is 0 Å². The Hall–Kier alpha value is -2.22. The van der Waals surface area contributed by atoms with Crippen molar-refractivity contribution in [3.05, 3.63) is 84.9 Å². The molecule has 0 bridgehead atoms. The van der Waals surface area contributed by atoms with Crippen LogP contribution in [0.1, 0.15) is 51.4 Å². The number of rotatable bonds is 9. The number of benzene rings is 4. The van der Waals surface area contributed by atoms with Crippen LogP contribution in [0.25, 0.3) is 21.5 Å². The van der Waals surface area contributed by atoms with Crippen molar-refractivity contribution < 1.29 is 18.1 Å². The maximum absolute atomic E-state index is 6.49. The van der Waals surface area contributed by atoms with Crippen molar-refractivity contribution in [2.45, 2.75) is 63.6 Å². The second-order valence-electron chi connectivity index (χ2n) is 10.5. The predicted molar refractivity (Wildman–Crippen MR) is 159 cm³/mol. The summed E-state index contributed by atoms with van der Waals surface area (Å²) in [6.07, 6.45) is 10.1. The van der Waals surface area contributed by atoms with E-state index < -0.39 is 0 Å². The summed E-state index contributed by atoms with van der Waals surface area (Å²) in [5.41, 5.74) is 0. The smallest absolute Gasteiger partial charge is 0.215 e. The first-order valence-corrected chi connectivity index (χ1v) is 15.6. The highest BCUT2D eigenvalue weighted by atomic mass is 31.1. The summed E-state index contributed by atoms with van der Waals surface area (Å²) in [5.74, 6) is 2.83. The van der Waals surface area contributed by atoms with Gasteiger partial charge in [0.05, 0.1) is 12.2 Å². The summed E-state index contributed by atoms with van der Waals surface area (Å²) in [7, 11) is 0.00999. The molecule has 2 aliphatic rings. The van der Waals surface area contributed by atoms with Crippen LogP contribution in [0.5, 0.6) is 11.5 Å². The summed E-state index contributed by atoms with van der Waals surface area (Å²) in [5, 5.41) is 4.66. The highest BCUT2D eigenvalue weighted by Crippen LogP contribution is 2.45. The first-order chi connectivity index (χ1) is 18.9. The molecule has 4 nitrogen and oxygen atoms in total. The molecule has 0 heterocycles. The topological polar surface area (TPSA) is 36.9 Å². The fraction of sp³-hybridized carbons (Fsp3) is 0.375. The molecular formula is C32H36O4P2. The van der Waals surface area contributed by atoms with Crippen LogP contribution in [-0.2, 0) is 9.05 Å². The molecule has 4 aromatic carbocycles. The summed E-state index contributed by atoms with van der Waals surface area (Å²) >= 11 is 0. The Labute approximate surface area is 229 Å². The van der Waals surface area contributed by atoms with Gasteiger partial charge in [-0.2, -0.15) is 0 Å². The SMILES string of the molecule is c1ccc2c(OPOC3CCCCC3C3CCCCC3OPOc3cccc4ccccc34)cccc2c1. The van der Waals surface area contributed by atoms with Crippen molar-refractivity contribution in [2.24, 2.45) is 11.8 Å². The third-order valence-electron chi connectivity index (χ3n) is 8.26. The molecule has 6 unspecified atom stereocenters. The third kappa shape index (κ3) is 6.00. The Bertz CT molecular complexity index is 1230. The molecule has 0 radical (unpaired) electrons. The fourth-order valence-electron chi connectivity index (χ4n) is 6.35. The van der Waals surface area contributed by atoms with Crippen molar-refractivity contribution in [1.29, 1.82) is 0 Å². The lowest BCUT2D eigenvalue weighted by atomic mass is 9.70. The second-order valence-corrected chi connectivity index (χ2v) is 11.7. The monoisotopic (exact) mass is 546 g/mol. The molecule has 6 heteroatoms. The van der Waals surface area contributed by atoms with Gasteiger partial charge in [0, 0.05) is 10.8 Å². The summed E-state index contributed by atoms with van der Waals surface area (Å²) in [6.45, 7) is 0. The molecule has 2 aliphatic carbocycles. The third-order valence-corrected chi connectivity index (χ3v) is 9.66. The number of fused-ring (bicyclic) bond motifs is 2. The Morgan fingerprint density at radius 1 is 0.474 bits per heavy atom. The van der Waals surface area contributed by atoms with E-state index in [0.29, 0.717) is 11.8 Å². The molecule has 38 heavy (non-hydrogen) atoms. The van der Waals surface area contributed by atoms with E-state index in [-0.39, 0.29) is 30.3 Å². The molecule has 198 valence electrons. The molecule has 6 rings (SSSR count). The van der Waals surface area contributed by atoms with E-state index >= 15 is 0 Å². The molecular weight excluding hydrogens is 510 g/mol. The van der Waals surface area contributed by atoms with Crippen LogP contribution in [0, 0.1) is 11.8 Å². The van der Waals surface area contributed by atoms with E-state index in [1.54, 1.807) is 0 Å². The maximum Gasteiger partial charge on any atom is 0.215 e. The number of hydrogen-bond donors (Lipinski definition) is 0. The fourth-order valence-corrected chi connectivity index (χ4v) is 7.82. The lowest BCUT2D eigenvalue weighted by Gasteiger charge is -2.42. The van der Waals surface area contributed by atoms with Crippen LogP contribution in [-0.4, -0.2) is 12.2 Å². The lowest BCUT2D eigenvalue weighted by molar-refractivity contribution is -0.00628. The van der Waals surface area contributed by atoms with Crippen molar-refractivity contribution in [2.75, 3.05) is 0 Å². The maximum atomic E-state index is 6.49. The number of hydrogen-bond acceptors (Lipinski definition) is 4. The van der Waals surface area contributed by atoms with Crippen molar-refractivity contribution in [3.63, 3.8) is 0 Å². The van der Waals surface area contributed by atoms with E-state index in [9.17, 15) is 0 Å². The van der Waals surface area contributed by atoms with Gasteiger partial charge < -0.3 is 18.1 Å². The van der Waals surface area contributed by atoms with Crippen molar-refractivity contribution in [3.8, 4) is 11.5 Å². The van der Waals surface area contributed by atoms with Gasteiger partial charge in [0.15, 0.2) is 0 Å². The molecule has 0 amide bonds. The van der Waals surface area contributed by atoms with Gasteiger partial charge in [0.1, 0.15) is 11.5 Å². The second kappa shape index (κ2) is 12.8. The van der Waals surface area contributed by atoms with Crippen molar-refractivity contribution in [1.82, 2.24) is 0 Å². The van der Waals surface area contributed by atoms with Crippen molar-refractivity contribution >= 4 is 39.6 Å². The molecule has 0 spiro atoms. The first-order valence-electron chi connectivity index (χ1n) is 14.0. The highest BCUT2D eigenvalue weighted by molar-refractivity contribution is 7.27. The molecule has 0 aliphatic heterocycles. The van der Waals surface area contributed by atoms with Gasteiger partial charge in [-0.1, -0.05) is 98.5 Å². The van der Waals surface area contributed by atoms with Crippen LogP contribution in [0.2, 0.25) is 0 Å². The van der Waals surface area contributed by atoms with Crippen LogP contribution < -0.4 is 9.05 Å². The minimum Gasteiger partial charge on any atom is -0.449 e. The zero-order valence-electron chi connectivity index (χ0n) is 21.7. The minimum absolute atomic E-state index is 0.00500. The summed E-state index contributed by atoms with van der Waals surface area (Å²) in [6, 6.07) is 29.1. The highest BCUT2D eigenvalue weighted by Gasteiger charge is 2.39. The van der Waals surface area contributed by atoms with Gasteiger partial charge >= 0.3 is 0 Å². The van der Waals surface area contributed by atoms with E-state index in [1.165, 1.54) is 49.3 Å². The van der Waals surface area contributed by atoms with Gasteiger partial charge in [-0.25, -0.2) is 0 Å². The Morgan fingerprint density at radius 3 is 1.39 bits per heavy atom. The van der Waals surface area contributed by atoms with Crippen LogP contribution in [0.3, 0.4) is 0 Å². The average Bonchev–Trinajstić information content (AvgIpc) is 2.98. The largest absolute Gasteiger partial charge is 0.449 e. The quantitative estimate of drug-likeness (QED) is 0.196. The predicted octanol–water partition coefficient (Wildman–Crippen LogP) is 9.62. The van der Waals surface area contributed by atoms with Gasteiger partial charge in [-0.05, 0) is 60.4 Å². The minimum atomic E-state index is 0.00500. The van der Waals surface area contributed by atoms with E-state index in [2.05, 4.69) is 72.8 Å². The molecule has 4 aromatic rings. The zero-order valence-corrected chi connectivity index (χ0v) is 23.7. The van der Waals surface area contributed by atoms with E-state index in [0.717, 1.165) is 35.1 Å². The summed E-state index contributed by atoms with van der Waals surface area (Å²) < 4.78 is 25.4. The van der Waals surface area contributed by atoms with Gasteiger partial charge in [0.25, 0.3) is 0 Å². The molecule has 0 N–H and O–H groups in total. The molecule has 2 saturated carbocycles. The Morgan fingerprint density at radius 2 is 0.895 bits per heavy atom. The molecule has 0 aromatic heterocycles. The Balaban J connectivity index is 1.08. The standard InChI is InChI=1S/C32H36O4P2/c1-3-15-25-23(11-1)13-9-21-29(25)33-37-35-31-19-7-5-17-27(31)28-18-6-8-20-32(28)36-38-34-30-22-10-14-24-12-2-4-16-26(24)30/h1-4,9-16,21-22,27-28,31-32,37-38H,5-8,17-20H2. The first kappa shape index (κ1) is 26.0. The molecule has 0 saturated heterocycles. The van der Waals surface area contributed by atoms with E-state index in [4.69, 9.17) is 18.1 Å². The van der Waals surface area contributed by atoms with Gasteiger partial charge in [-0.15, -0.1) is 0 Å². The lowest BCUT2D eigenvalue weighted by Crippen LogP contribution is -2.40. The molecule has 6 atom stereocenters. The Kier molecular flexibility index (Phi) is 8.74. The molecule has 2 fully saturated rings. The van der Waals surface area contributed by atoms with E-state index in [1.807, 2.05) is 12.1 Å². The average molecular weight is 547 g/mol. The van der Waals surface area contributed by atoms with Gasteiger partial charge in [-0.3, -0.25) is 0 Å².